The van der Waals surface area contributed by atoms with Crippen LogP contribution in [0.2, 0.25) is 0 Å². The van der Waals surface area contributed by atoms with Gasteiger partial charge in [-0.3, -0.25) is 14.5 Å². The fourth-order valence-electron chi connectivity index (χ4n) is 2.68. The molecule has 108 valence electrons. The molecule has 2 heterocycles. The molecule has 2 aliphatic heterocycles. The summed E-state index contributed by atoms with van der Waals surface area (Å²) in [6.07, 6.45) is 2.27. The van der Waals surface area contributed by atoms with Crippen molar-refractivity contribution in [2.45, 2.75) is 12.8 Å². The summed E-state index contributed by atoms with van der Waals surface area (Å²) in [5.74, 6) is 0.389. The quantitative estimate of drug-likeness (QED) is 0.708. The predicted molar refractivity (Wildman–Crippen MR) is 72.8 cm³/mol. The van der Waals surface area contributed by atoms with Gasteiger partial charge in [0.15, 0.2) is 0 Å². The zero-order chi connectivity index (χ0) is 13.7. The SMILES string of the molecule is CNCC(=O)N1CCN(CC(=O)N2CCCC2)CC1. The molecule has 1 N–H and O–H groups in total. The van der Waals surface area contributed by atoms with Crippen LogP contribution in [0.3, 0.4) is 0 Å². The molecule has 2 saturated heterocycles. The third-order valence-electron chi connectivity index (χ3n) is 3.87. The Morgan fingerprint density at radius 1 is 0.895 bits per heavy atom. The zero-order valence-electron chi connectivity index (χ0n) is 11.7. The second-order valence-corrected chi connectivity index (χ2v) is 5.28. The molecule has 0 saturated carbocycles. The van der Waals surface area contributed by atoms with E-state index in [-0.39, 0.29) is 11.8 Å². The van der Waals surface area contributed by atoms with Crippen LogP contribution in [0.5, 0.6) is 0 Å². The maximum Gasteiger partial charge on any atom is 0.236 e. The standard InChI is InChI=1S/C13H24N4O2/c1-14-10-12(18)17-8-6-15(7-9-17)11-13(19)16-4-2-3-5-16/h14H,2-11H2,1H3. The first-order valence-electron chi connectivity index (χ1n) is 7.13. The number of hydrogen-bond donors (Lipinski definition) is 1. The third-order valence-corrected chi connectivity index (χ3v) is 3.87. The molecule has 2 aliphatic rings. The van der Waals surface area contributed by atoms with Gasteiger partial charge >= 0.3 is 0 Å². The van der Waals surface area contributed by atoms with Crippen molar-refractivity contribution >= 4 is 11.8 Å². The molecule has 6 heteroatoms. The van der Waals surface area contributed by atoms with Crippen LogP contribution in [0, 0.1) is 0 Å². The van der Waals surface area contributed by atoms with Gasteiger partial charge < -0.3 is 15.1 Å². The molecule has 2 rings (SSSR count). The molecule has 6 nitrogen and oxygen atoms in total. The molecule has 2 fully saturated rings. The minimum atomic E-state index is 0.146. The molecule has 2 amide bonds. The molecule has 0 aromatic heterocycles. The number of carbonyl (C=O) groups is 2. The van der Waals surface area contributed by atoms with Crippen molar-refractivity contribution in [1.29, 1.82) is 0 Å². The maximum absolute atomic E-state index is 12.0. The molecule has 0 spiro atoms. The fraction of sp³-hybridized carbons (Fsp3) is 0.846. The van der Waals surface area contributed by atoms with Gasteiger partial charge in [-0.2, -0.15) is 0 Å². The summed E-state index contributed by atoms with van der Waals surface area (Å²) in [7, 11) is 1.78. The lowest BCUT2D eigenvalue weighted by Gasteiger charge is -2.35. The average molecular weight is 268 g/mol. The number of piperazine rings is 1. The summed E-state index contributed by atoms with van der Waals surface area (Å²) in [6, 6.07) is 0. The molecule has 0 aromatic carbocycles. The topological polar surface area (TPSA) is 55.9 Å². The summed E-state index contributed by atoms with van der Waals surface area (Å²) in [4.78, 5) is 29.7. The Bertz CT molecular complexity index is 321. The molecule has 0 atom stereocenters. The molecule has 0 bridgehead atoms. The Kier molecular flexibility index (Phi) is 5.15. The number of carbonyl (C=O) groups excluding carboxylic acids is 2. The van der Waals surface area contributed by atoms with E-state index in [1.165, 1.54) is 0 Å². The van der Waals surface area contributed by atoms with E-state index < -0.39 is 0 Å². The largest absolute Gasteiger partial charge is 0.342 e. The van der Waals surface area contributed by atoms with Crippen LogP contribution in [-0.2, 0) is 9.59 Å². The first-order chi connectivity index (χ1) is 9.20. The third kappa shape index (κ3) is 3.91. The number of rotatable bonds is 4. The Labute approximate surface area is 114 Å². The molecule has 0 radical (unpaired) electrons. The highest BCUT2D eigenvalue weighted by Gasteiger charge is 2.24. The number of likely N-dealkylation sites (N-methyl/N-ethyl adjacent to an activating group) is 1. The summed E-state index contributed by atoms with van der Waals surface area (Å²) < 4.78 is 0. The lowest BCUT2D eigenvalue weighted by Crippen LogP contribution is -2.52. The van der Waals surface area contributed by atoms with Crippen molar-refractivity contribution in [2.75, 3.05) is 59.4 Å². The van der Waals surface area contributed by atoms with Crippen LogP contribution in [0.25, 0.3) is 0 Å². The normalized spacial score (nSPS) is 20.9. The van der Waals surface area contributed by atoms with E-state index in [0.717, 1.165) is 52.1 Å². The van der Waals surface area contributed by atoms with Crippen LogP contribution in [0.15, 0.2) is 0 Å². The molecule has 19 heavy (non-hydrogen) atoms. The van der Waals surface area contributed by atoms with E-state index >= 15 is 0 Å². The molecular weight excluding hydrogens is 244 g/mol. The smallest absolute Gasteiger partial charge is 0.236 e. The van der Waals surface area contributed by atoms with Gasteiger partial charge in [0.2, 0.25) is 11.8 Å². The van der Waals surface area contributed by atoms with Crippen LogP contribution < -0.4 is 5.32 Å². The van der Waals surface area contributed by atoms with Gasteiger partial charge in [0, 0.05) is 39.3 Å². The first-order valence-corrected chi connectivity index (χ1v) is 7.13. The highest BCUT2D eigenvalue weighted by atomic mass is 16.2. The van der Waals surface area contributed by atoms with Crippen LogP contribution in [-0.4, -0.2) is 85.9 Å². The number of amides is 2. The van der Waals surface area contributed by atoms with Gasteiger partial charge in [0.25, 0.3) is 0 Å². The highest BCUT2D eigenvalue weighted by Crippen LogP contribution is 2.09. The summed E-state index contributed by atoms with van der Waals surface area (Å²) in [6.45, 7) is 5.80. The molecule has 0 aromatic rings. The highest BCUT2D eigenvalue weighted by molar-refractivity contribution is 5.79. The van der Waals surface area contributed by atoms with E-state index in [9.17, 15) is 9.59 Å². The lowest BCUT2D eigenvalue weighted by atomic mass is 10.3. The van der Waals surface area contributed by atoms with Crippen molar-refractivity contribution < 1.29 is 9.59 Å². The Morgan fingerprint density at radius 2 is 1.47 bits per heavy atom. The molecule has 0 unspecified atom stereocenters. The van der Waals surface area contributed by atoms with E-state index in [4.69, 9.17) is 0 Å². The molecule has 0 aliphatic carbocycles. The monoisotopic (exact) mass is 268 g/mol. The summed E-state index contributed by atoms with van der Waals surface area (Å²) in [5, 5.41) is 2.88. The van der Waals surface area contributed by atoms with Gasteiger partial charge in [0.05, 0.1) is 13.1 Å². The number of nitrogens with one attached hydrogen (secondary N) is 1. The maximum atomic E-state index is 12.0. The van der Waals surface area contributed by atoms with Crippen molar-refractivity contribution in [3.8, 4) is 0 Å². The summed E-state index contributed by atoms with van der Waals surface area (Å²) in [5.41, 5.74) is 0. The minimum Gasteiger partial charge on any atom is -0.342 e. The van der Waals surface area contributed by atoms with Crippen molar-refractivity contribution in [1.82, 2.24) is 20.0 Å². The van der Waals surface area contributed by atoms with E-state index in [0.29, 0.717) is 13.1 Å². The number of hydrogen-bond acceptors (Lipinski definition) is 4. The van der Waals surface area contributed by atoms with E-state index in [1.807, 2.05) is 9.80 Å². The fourth-order valence-corrected chi connectivity index (χ4v) is 2.68. The van der Waals surface area contributed by atoms with Crippen molar-refractivity contribution in [3.05, 3.63) is 0 Å². The van der Waals surface area contributed by atoms with Crippen molar-refractivity contribution in [3.63, 3.8) is 0 Å². The predicted octanol–water partition coefficient (Wildman–Crippen LogP) is -1.03. The second kappa shape index (κ2) is 6.86. The van der Waals surface area contributed by atoms with E-state index in [1.54, 1.807) is 7.05 Å². The van der Waals surface area contributed by atoms with Crippen LogP contribution in [0.4, 0.5) is 0 Å². The van der Waals surface area contributed by atoms with E-state index in [2.05, 4.69) is 10.2 Å². The van der Waals surface area contributed by atoms with Gasteiger partial charge in [-0.15, -0.1) is 0 Å². The molecular formula is C13H24N4O2. The Balaban J connectivity index is 1.71. The van der Waals surface area contributed by atoms with Crippen LogP contribution >= 0.6 is 0 Å². The van der Waals surface area contributed by atoms with Crippen molar-refractivity contribution in [2.24, 2.45) is 0 Å². The van der Waals surface area contributed by atoms with Gasteiger partial charge in [-0.25, -0.2) is 0 Å². The van der Waals surface area contributed by atoms with Gasteiger partial charge in [-0.1, -0.05) is 0 Å². The summed E-state index contributed by atoms with van der Waals surface area (Å²) >= 11 is 0. The number of likely N-dealkylation sites (tertiary alicyclic amines) is 1. The Morgan fingerprint density at radius 3 is 2.05 bits per heavy atom. The van der Waals surface area contributed by atoms with Crippen LogP contribution in [0.1, 0.15) is 12.8 Å². The second-order valence-electron chi connectivity index (χ2n) is 5.28. The first kappa shape index (κ1) is 14.3. The minimum absolute atomic E-state index is 0.146. The van der Waals surface area contributed by atoms with Gasteiger partial charge in [0.1, 0.15) is 0 Å². The Hall–Kier alpha value is -1.14. The number of nitrogens with zero attached hydrogens (tertiary/aromatic N) is 3. The van der Waals surface area contributed by atoms with Gasteiger partial charge in [-0.05, 0) is 19.9 Å². The zero-order valence-corrected chi connectivity index (χ0v) is 11.7. The lowest BCUT2D eigenvalue weighted by molar-refractivity contribution is -0.134. The average Bonchev–Trinajstić information content (AvgIpc) is 2.94.